The minimum Gasteiger partial charge on any atom is -0.115 e. The maximum Gasteiger partial charge on any atom is 0.0242 e. The number of rotatable bonds is 3. The van der Waals surface area contributed by atoms with Crippen molar-refractivity contribution in [2.75, 3.05) is 0 Å². The molecule has 0 amide bonds. The van der Waals surface area contributed by atoms with Gasteiger partial charge in [0.05, 0.1) is 0 Å². The minimum absolute atomic E-state index is 0.944. The van der Waals surface area contributed by atoms with E-state index in [9.17, 15) is 0 Å². The molecule has 0 radical (unpaired) electrons. The molecule has 0 aliphatic heterocycles. The quantitative estimate of drug-likeness (QED) is 0.483. The first-order valence-corrected chi connectivity index (χ1v) is 4.42. The fourth-order valence-corrected chi connectivity index (χ4v) is 1.13. The number of aryl methyl sites for hydroxylation is 1. The molecule has 0 aromatic heterocycles. The zero-order valence-electron chi connectivity index (χ0n) is 8.01. The van der Waals surface area contributed by atoms with Crippen LogP contribution in [0.2, 0.25) is 0 Å². The monoisotopic (exact) mass is 170 g/mol. The van der Waals surface area contributed by atoms with Gasteiger partial charge < -0.3 is 0 Å². The van der Waals surface area contributed by atoms with Crippen molar-refractivity contribution in [1.29, 1.82) is 0 Å². The van der Waals surface area contributed by atoms with Crippen molar-refractivity contribution >= 4 is 0 Å². The molecule has 0 N–H and O–H groups in total. The molecule has 0 atom stereocenters. The number of terminal acetylenes is 1. The molecule has 66 valence electrons. The topological polar surface area (TPSA) is 0 Å². The van der Waals surface area contributed by atoms with Gasteiger partial charge in [-0.2, -0.15) is 0 Å². The van der Waals surface area contributed by atoms with Crippen LogP contribution in [0.25, 0.3) is 0 Å². The Hall–Kier alpha value is -1.48. The molecule has 1 rings (SSSR count). The zero-order valence-corrected chi connectivity index (χ0v) is 8.01. The van der Waals surface area contributed by atoms with E-state index in [4.69, 9.17) is 6.42 Å². The van der Waals surface area contributed by atoms with Gasteiger partial charge >= 0.3 is 0 Å². The lowest BCUT2D eigenvalue weighted by molar-refractivity contribution is 0.946. The number of hydrogen-bond donors (Lipinski definition) is 0. The lowest BCUT2D eigenvalue weighted by Crippen LogP contribution is -1.85. The highest BCUT2D eigenvalue weighted by molar-refractivity contribution is 5.34. The van der Waals surface area contributed by atoms with E-state index in [2.05, 4.69) is 31.6 Å². The highest BCUT2D eigenvalue weighted by Crippen LogP contribution is 2.08. The predicted octanol–water partition coefficient (Wildman–Crippen LogP) is 3.18. The van der Waals surface area contributed by atoms with Gasteiger partial charge in [-0.3, -0.25) is 0 Å². The van der Waals surface area contributed by atoms with Gasteiger partial charge in [-0.25, -0.2) is 0 Å². The Labute approximate surface area is 80.3 Å². The number of allylic oxidation sites excluding steroid dienone is 1. The van der Waals surface area contributed by atoms with E-state index in [0.29, 0.717) is 0 Å². The minimum atomic E-state index is 0.944. The molecule has 0 spiro atoms. The molecular weight excluding hydrogens is 156 g/mol. The van der Waals surface area contributed by atoms with Gasteiger partial charge in [-0.15, -0.1) is 13.0 Å². The molecule has 0 aliphatic carbocycles. The highest BCUT2D eigenvalue weighted by atomic mass is 14.0. The highest BCUT2D eigenvalue weighted by Gasteiger charge is 1.93. The molecule has 13 heavy (non-hydrogen) atoms. The van der Waals surface area contributed by atoms with Crippen LogP contribution >= 0.6 is 0 Å². The SMILES string of the molecule is C#Cc1ccc(CCC(=C)C)cc1. The van der Waals surface area contributed by atoms with Crippen LogP contribution in [0.1, 0.15) is 24.5 Å². The third kappa shape index (κ3) is 3.17. The normalized spacial score (nSPS) is 9.23. The van der Waals surface area contributed by atoms with E-state index in [1.54, 1.807) is 0 Å². The number of benzene rings is 1. The van der Waals surface area contributed by atoms with E-state index in [-0.39, 0.29) is 0 Å². The lowest BCUT2D eigenvalue weighted by Gasteiger charge is -2.00. The van der Waals surface area contributed by atoms with Crippen molar-refractivity contribution < 1.29 is 0 Å². The standard InChI is InChI=1S/C13H14/c1-4-12-7-9-13(10-8-12)6-5-11(2)3/h1,7-10H,2,5-6H2,3H3. The van der Waals surface area contributed by atoms with Crippen LogP contribution in [0.5, 0.6) is 0 Å². The van der Waals surface area contributed by atoms with Crippen molar-refractivity contribution in [3.63, 3.8) is 0 Å². The van der Waals surface area contributed by atoms with Gasteiger partial charge in [0.2, 0.25) is 0 Å². The smallest absolute Gasteiger partial charge is 0.0242 e. The Balaban J connectivity index is 2.60. The Kier molecular flexibility index (Phi) is 3.34. The summed E-state index contributed by atoms with van der Waals surface area (Å²) in [6.45, 7) is 5.92. The second-order valence-electron chi connectivity index (χ2n) is 3.30. The van der Waals surface area contributed by atoms with Crippen molar-refractivity contribution in [1.82, 2.24) is 0 Å². The molecule has 1 aromatic carbocycles. The van der Waals surface area contributed by atoms with E-state index in [0.717, 1.165) is 18.4 Å². The Morgan fingerprint density at radius 1 is 1.38 bits per heavy atom. The van der Waals surface area contributed by atoms with E-state index in [1.807, 2.05) is 12.1 Å². The van der Waals surface area contributed by atoms with Crippen LogP contribution in [0.3, 0.4) is 0 Å². The molecule has 0 heteroatoms. The van der Waals surface area contributed by atoms with Crippen LogP contribution in [-0.2, 0) is 6.42 Å². The first kappa shape index (κ1) is 9.61. The van der Waals surface area contributed by atoms with Crippen LogP contribution in [0, 0.1) is 12.3 Å². The average molecular weight is 170 g/mol. The van der Waals surface area contributed by atoms with Crippen LogP contribution in [0.4, 0.5) is 0 Å². The molecule has 1 aromatic rings. The van der Waals surface area contributed by atoms with Crippen LogP contribution < -0.4 is 0 Å². The molecule has 0 fully saturated rings. The molecule has 0 saturated carbocycles. The van der Waals surface area contributed by atoms with Gasteiger partial charge in [0.15, 0.2) is 0 Å². The average Bonchev–Trinajstić information content (AvgIpc) is 2.15. The summed E-state index contributed by atoms with van der Waals surface area (Å²) in [6.07, 6.45) is 7.36. The van der Waals surface area contributed by atoms with Crippen molar-refractivity contribution in [3.8, 4) is 12.3 Å². The summed E-state index contributed by atoms with van der Waals surface area (Å²) in [7, 11) is 0. The summed E-state index contributed by atoms with van der Waals surface area (Å²) in [6, 6.07) is 8.12. The summed E-state index contributed by atoms with van der Waals surface area (Å²) >= 11 is 0. The number of hydrogen-bond acceptors (Lipinski definition) is 0. The summed E-state index contributed by atoms with van der Waals surface area (Å²) in [5.41, 5.74) is 3.49. The molecule has 0 nitrogen and oxygen atoms in total. The van der Waals surface area contributed by atoms with E-state index >= 15 is 0 Å². The maximum absolute atomic E-state index is 5.26. The largest absolute Gasteiger partial charge is 0.115 e. The fourth-order valence-electron chi connectivity index (χ4n) is 1.13. The van der Waals surface area contributed by atoms with Gasteiger partial charge in [-0.1, -0.05) is 23.6 Å². The summed E-state index contributed by atoms with van der Waals surface area (Å²) in [4.78, 5) is 0. The third-order valence-corrected chi connectivity index (χ3v) is 1.96. The van der Waals surface area contributed by atoms with E-state index in [1.165, 1.54) is 11.1 Å². The Bertz CT molecular complexity index is 322. The van der Waals surface area contributed by atoms with Gasteiger partial charge in [0.1, 0.15) is 0 Å². The summed E-state index contributed by atoms with van der Waals surface area (Å²) < 4.78 is 0. The molecule has 0 bridgehead atoms. The Morgan fingerprint density at radius 2 is 2.00 bits per heavy atom. The predicted molar refractivity (Wildman–Crippen MR) is 57.5 cm³/mol. The zero-order chi connectivity index (χ0) is 9.68. The summed E-state index contributed by atoms with van der Waals surface area (Å²) in [5, 5.41) is 0. The molecular formula is C13H14. The molecule has 0 heterocycles. The lowest BCUT2D eigenvalue weighted by atomic mass is 10.1. The summed E-state index contributed by atoms with van der Waals surface area (Å²) in [5.74, 6) is 2.60. The van der Waals surface area contributed by atoms with Crippen molar-refractivity contribution in [3.05, 3.63) is 47.5 Å². The molecule has 0 aliphatic rings. The Morgan fingerprint density at radius 3 is 2.46 bits per heavy atom. The van der Waals surface area contributed by atoms with Gasteiger partial charge in [0, 0.05) is 5.56 Å². The first-order valence-electron chi connectivity index (χ1n) is 4.42. The van der Waals surface area contributed by atoms with Gasteiger partial charge in [-0.05, 0) is 37.5 Å². The van der Waals surface area contributed by atoms with E-state index < -0.39 is 0 Å². The van der Waals surface area contributed by atoms with Crippen LogP contribution in [-0.4, -0.2) is 0 Å². The molecule has 0 unspecified atom stereocenters. The van der Waals surface area contributed by atoms with Crippen LogP contribution in [0.15, 0.2) is 36.4 Å². The fraction of sp³-hybridized carbons (Fsp3) is 0.231. The third-order valence-electron chi connectivity index (χ3n) is 1.96. The first-order chi connectivity index (χ1) is 6.22. The second-order valence-corrected chi connectivity index (χ2v) is 3.30. The van der Waals surface area contributed by atoms with Crippen molar-refractivity contribution in [2.45, 2.75) is 19.8 Å². The maximum atomic E-state index is 5.26. The van der Waals surface area contributed by atoms with Crippen molar-refractivity contribution in [2.24, 2.45) is 0 Å². The molecule has 0 saturated heterocycles. The second kappa shape index (κ2) is 4.52. The van der Waals surface area contributed by atoms with Gasteiger partial charge in [0.25, 0.3) is 0 Å².